The molecule has 0 aliphatic carbocycles. The molecule has 67 heavy (non-hydrogen) atoms. The fourth-order valence-electron chi connectivity index (χ4n) is 9.05. The molecule has 12 nitrogen and oxygen atoms in total. The van der Waals surface area contributed by atoms with Crippen molar-refractivity contribution in [3.05, 3.63) is 179 Å². The van der Waals surface area contributed by atoms with E-state index in [1.165, 1.54) is 6.92 Å². The first kappa shape index (κ1) is 50.1. The van der Waals surface area contributed by atoms with Crippen molar-refractivity contribution in [2.24, 2.45) is 0 Å². The van der Waals surface area contributed by atoms with Gasteiger partial charge in [0.2, 0.25) is 5.91 Å². The number of carbonyl (C=O) groups is 1. The summed E-state index contributed by atoms with van der Waals surface area (Å²) < 4.78 is 46.4. The van der Waals surface area contributed by atoms with Crippen molar-refractivity contribution in [1.82, 2.24) is 15.5 Å². The van der Waals surface area contributed by atoms with Gasteiger partial charge in [-0.25, -0.2) is 0 Å². The van der Waals surface area contributed by atoms with Crippen LogP contribution in [0.4, 0.5) is 0 Å². The van der Waals surface area contributed by atoms with Crippen LogP contribution in [0.2, 0.25) is 0 Å². The second-order valence-electron chi connectivity index (χ2n) is 17.4. The van der Waals surface area contributed by atoms with E-state index in [1.807, 2.05) is 110 Å². The Labute approximate surface area is 396 Å². The van der Waals surface area contributed by atoms with Crippen LogP contribution in [0.3, 0.4) is 0 Å². The molecule has 2 heterocycles. The van der Waals surface area contributed by atoms with Crippen molar-refractivity contribution >= 4 is 5.91 Å². The maximum Gasteiger partial charge on any atom is 0.217 e. The fourth-order valence-corrected chi connectivity index (χ4v) is 9.05. The second-order valence-corrected chi connectivity index (χ2v) is 17.4. The number of aliphatic hydroxyl groups is 1. The molecule has 2 fully saturated rings. The van der Waals surface area contributed by atoms with Gasteiger partial charge < -0.3 is 48.9 Å². The molecule has 0 radical (unpaired) electrons. The normalized spacial score (nSPS) is 25.4. The molecule has 0 aromatic heterocycles. The van der Waals surface area contributed by atoms with Crippen LogP contribution < -0.4 is 10.6 Å². The van der Waals surface area contributed by atoms with Gasteiger partial charge in [-0.15, -0.1) is 0 Å². The fraction of sp³-hybridized carbons (Fsp3) is 0.436. The van der Waals surface area contributed by atoms with Crippen molar-refractivity contribution in [2.45, 2.75) is 121 Å². The lowest BCUT2D eigenvalue weighted by molar-refractivity contribution is -0.253. The smallest absolute Gasteiger partial charge is 0.217 e. The zero-order valence-electron chi connectivity index (χ0n) is 39.1. The number of aliphatic hydroxyl groups excluding tert-OH is 1. The summed E-state index contributed by atoms with van der Waals surface area (Å²) in [5, 5.41) is 18.8. The van der Waals surface area contributed by atoms with Gasteiger partial charge in [0.1, 0.15) is 24.4 Å². The molecule has 0 unspecified atom stereocenters. The van der Waals surface area contributed by atoms with Gasteiger partial charge >= 0.3 is 0 Å². The van der Waals surface area contributed by atoms with Crippen LogP contribution in [0.15, 0.2) is 152 Å². The molecule has 0 spiro atoms. The molecule has 0 bridgehead atoms. The number of hydrogen-bond donors (Lipinski definition) is 3. The first-order valence-electron chi connectivity index (χ1n) is 23.8. The molecular formula is C55H69N3O9. The van der Waals surface area contributed by atoms with Crippen LogP contribution in [0.5, 0.6) is 0 Å². The summed E-state index contributed by atoms with van der Waals surface area (Å²) in [5.41, 5.74) is 5.24. The maximum atomic E-state index is 12.8. The van der Waals surface area contributed by atoms with E-state index >= 15 is 0 Å². The number of hydrogen-bond acceptors (Lipinski definition) is 11. The number of nitrogens with one attached hydrogen (secondary N) is 2. The molecule has 5 aromatic carbocycles. The molecule has 2 aliphatic rings. The topological polar surface area (TPSA) is 129 Å². The van der Waals surface area contributed by atoms with E-state index in [0.717, 1.165) is 34.2 Å². The Hall–Kier alpha value is -4.83. The van der Waals surface area contributed by atoms with E-state index in [1.54, 1.807) is 0 Å². The van der Waals surface area contributed by atoms with E-state index in [4.69, 9.17) is 33.2 Å². The number of benzene rings is 5. The zero-order valence-corrected chi connectivity index (χ0v) is 39.1. The zero-order chi connectivity index (χ0) is 46.6. The quantitative estimate of drug-likeness (QED) is 0.0549. The van der Waals surface area contributed by atoms with Gasteiger partial charge in [0.15, 0.2) is 6.29 Å². The SMILES string of the molecule is CCCO[C@@H]1O[C@H](COCc2ccccc2)[C@@H](O)[C@H](NCCN2[C@H](COCc3ccccc3)[C@@H](OCc3ccccc3)[C@H](OCc3ccccc3)[C@H](OCc3ccccc3)[C@@H]2C)[C@H]1NC(C)=O. The number of amides is 1. The maximum absolute atomic E-state index is 12.8. The molecule has 10 atom stereocenters. The average molecular weight is 916 g/mol. The standard InChI is InChI=1S/C55H69N3O9/c1-4-32-63-55-50(57-41(3)59)49(51(60)48(67-55)39-62-34-43-22-12-6-13-23-43)56-30-31-58-40(2)52(64-35-44-24-14-7-15-25-44)54(66-37-46-28-18-9-19-29-46)53(65-36-45-26-16-8-17-27-45)47(58)38-61-33-42-20-10-5-11-21-42/h5-29,40,47-56,60H,4,30-39H2,1-3H3,(H,57,59)/t40-,47+,48+,49+,50+,51+,52+,53+,54+,55+/m0/s1. The number of piperidine rings is 1. The Balaban J connectivity index is 1.18. The van der Waals surface area contributed by atoms with E-state index < -0.39 is 48.9 Å². The van der Waals surface area contributed by atoms with E-state index in [2.05, 4.69) is 71.0 Å². The van der Waals surface area contributed by atoms with Crippen LogP contribution >= 0.6 is 0 Å². The minimum absolute atomic E-state index is 0.127. The Bertz CT molecular complexity index is 2120. The summed E-state index contributed by atoms with van der Waals surface area (Å²) in [6, 6.07) is 48.8. The minimum Gasteiger partial charge on any atom is -0.389 e. The highest BCUT2D eigenvalue weighted by Crippen LogP contribution is 2.33. The Morgan fingerprint density at radius 3 is 1.52 bits per heavy atom. The van der Waals surface area contributed by atoms with Crippen molar-refractivity contribution in [3.8, 4) is 0 Å². The first-order chi connectivity index (χ1) is 32.9. The minimum atomic E-state index is -1.04. The van der Waals surface area contributed by atoms with Crippen molar-refractivity contribution in [3.63, 3.8) is 0 Å². The number of ether oxygens (including phenoxy) is 7. The van der Waals surface area contributed by atoms with Crippen LogP contribution in [-0.2, 0) is 71.0 Å². The number of likely N-dealkylation sites (tertiary alicyclic amines) is 1. The van der Waals surface area contributed by atoms with Gasteiger partial charge in [-0.2, -0.15) is 0 Å². The molecule has 12 heteroatoms. The van der Waals surface area contributed by atoms with Gasteiger partial charge in [-0.3, -0.25) is 9.69 Å². The highest BCUT2D eigenvalue weighted by atomic mass is 16.7. The summed E-state index contributed by atoms with van der Waals surface area (Å²) in [6.45, 7) is 9.38. The third kappa shape index (κ3) is 14.8. The molecule has 0 saturated carbocycles. The van der Waals surface area contributed by atoms with Crippen LogP contribution in [0.1, 0.15) is 55.0 Å². The lowest BCUT2D eigenvalue weighted by Crippen LogP contribution is -2.71. The Morgan fingerprint density at radius 1 is 0.597 bits per heavy atom. The second kappa shape index (κ2) is 26.6. The molecule has 358 valence electrons. The summed E-state index contributed by atoms with van der Waals surface area (Å²) >= 11 is 0. The average Bonchev–Trinajstić information content (AvgIpc) is 3.36. The highest BCUT2D eigenvalue weighted by Gasteiger charge is 2.51. The van der Waals surface area contributed by atoms with Gasteiger partial charge in [0, 0.05) is 32.7 Å². The number of carbonyl (C=O) groups excluding carboxylic acids is 1. The molecule has 7 rings (SSSR count). The first-order valence-corrected chi connectivity index (χ1v) is 23.8. The summed E-state index contributed by atoms with van der Waals surface area (Å²) in [4.78, 5) is 15.2. The predicted molar refractivity (Wildman–Crippen MR) is 258 cm³/mol. The van der Waals surface area contributed by atoms with E-state index in [9.17, 15) is 9.90 Å². The third-order valence-electron chi connectivity index (χ3n) is 12.4. The highest BCUT2D eigenvalue weighted by molar-refractivity contribution is 5.73. The molecule has 5 aromatic rings. The predicted octanol–water partition coefficient (Wildman–Crippen LogP) is 7.22. The van der Waals surface area contributed by atoms with Crippen molar-refractivity contribution < 1.29 is 43.1 Å². The molecular weight excluding hydrogens is 847 g/mol. The monoisotopic (exact) mass is 916 g/mol. The largest absolute Gasteiger partial charge is 0.389 e. The van der Waals surface area contributed by atoms with Gasteiger partial charge in [0.25, 0.3) is 0 Å². The van der Waals surface area contributed by atoms with E-state index in [0.29, 0.717) is 59.3 Å². The number of nitrogens with zero attached hydrogens (tertiary/aromatic N) is 1. The molecule has 2 saturated heterocycles. The molecule has 1 amide bonds. The van der Waals surface area contributed by atoms with Gasteiger partial charge in [-0.1, -0.05) is 159 Å². The summed E-state index contributed by atoms with van der Waals surface area (Å²) in [5.74, 6) is -0.255. The van der Waals surface area contributed by atoms with Gasteiger partial charge in [0.05, 0.1) is 70.5 Å². The lowest BCUT2D eigenvalue weighted by atomic mass is 9.87. The number of rotatable bonds is 25. The Kier molecular flexibility index (Phi) is 19.9. The molecule has 3 N–H and O–H groups in total. The van der Waals surface area contributed by atoms with E-state index in [-0.39, 0.29) is 24.6 Å². The summed E-state index contributed by atoms with van der Waals surface area (Å²) in [6.07, 6.45) is -3.24. The van der Waals surface area contributed by atoms with Crippen molar-refractivity contribution in [1.29, 1.82) is 0 Å². The third-order valence-corrected chi connectivity index (χ3v) is 12.4. The van der Waals surface area contributed by atoms with Crippen LogP contribution in [0.25, 0.3) is 0 Å². The van der Waals surface area contributed by atoms with Gasteiger partial charge in [-0.05, 0) is 41.2 Å². The lowest BCUT2D eigenvalue weighted by Gasteiger charge is -2.52. The van der Waals surface area contributed by atoms with Crippen LogP contribution in [-0.4, -0.2) is 110 Å². The Morgan fingerprint density at radius 2 is 1.04 bits per heavy atom. The summed E-state index contributed by atoms with van der Waals surface area (Å²) in [7, 11) is 0. The van der Waals surface area contributed by atoms with Crippen LogP contribution in [0, 0.1) is 0 Å². The van der Waals surface area contributed by atoms with Crippen molar-refractivity contribution in [2.75, 3.05) is 32.9 Å². The molecule has 2 aliphatic heterocycles.